The molecule has 3 atom stereocenters. The molecule has 26 heavy (non-hydrogen) atoms. The Morgan fingerprint density at radius 2 is 1.15 bits per heavy atom. The Morgan fingerprint density at radius 3 is 1.65 bits per heavy atom. The van der Waals surface area contributed by atoms with Gasteiger partial charge in [0.25, 0.3) is 0 Å². The van der Waals surface area contributed by atoms with Crippen LogP contribution >= 0.6 is 7.92 Å². The van der Waals surface area contributed by atoms with Crippen molar-refractivity contribution < 1.29 is 0 Å². The first kappa shape index (κ1) is 16.0. The van der Waals surface area contributed by atoms with Crippen molar-refractivity contribution in [1.82, 2.24) is 0 Å². The van der Waals surface area contributed by atoms with Gasteiger partial charge in [0, 0.05) is 0 Å². The van der Waals surface area contributed by atoms with E-state index in [4.69, 9.17) is 0 Å². The van der Waals surface area contributed by atoms with Gasteiger partial charge in [-0.2, -0.15) is 0 Å². The predicted octanol–water partition coefficient (Wildman–Crippen LogP) is 5.12. The van der Waals surface area contributed by atoms with E-state index in [-0.39, 0.29) is 0 Å². The van der Waals surface area contributed by atoms with Gasteiger partial charge in [0.05, 0.1) is 0 Å². The molecule has 0 radical (unpaired) electrons. The number of rotatable bonds is 4. The van der Waals surface area contributed by atoms with Crippen LogP contribution in [0.25, 0.3) is 0 Å². The van der Waals surface area contributed by atoms with Crippen LogP contribution in [0.4, 0.5) is 0 Å². The van der Waals surface area contributed by atoms with Gasteiger partial charge in [-0.05, 0) is 60.0 Å². The number of hydrogen-bond acceptors (Lipinski definition) is 0. The molecule has 1 unspecified atom stereocenters. The molecule has 0 heterocycles. The first-order valence-corrected chi connectivity index (χ1v) is 10.9. The van der Waals surface area contributed by atoms with Crippen LogP contribution in [0.1, 0.15) is 24.3 Å². The molecule has 0 nitrogen and oxygen atoms in total. The van der Waals surface area contributed by atoms with Crippen LogP contribution in [0.5, 0.6) is 0 Å². The Labute approximate surface area is 157 Å². The molecule has 3 aromatic rings. The molecular weight excluding hydrogens is 331 g/mol. The number of fused-ring (bicyclic) bond motifs is 2. The van der Waals surface area contributed by atoms with E-state index >= 15 is 0 Å². The predicted molar refractivity (Wildman–Crippen MR) is 113 cm³/mol. The van der Waals surface area contributed by atoms with Gasteiger partial charge in [-0.25, -0.2) is 0 Å². The summed E-state index contributed by atoms with van der Waals surface area (Å²) >= 11 is 0. The van der Waals surface area contributed by atoms with E-state index in [1.54, 1.807) is 0 Å². The van der Waals surface area contributed by atoms with E-state index in [0.29, 0.717) is 0 Å². The average Bonchev–Trinajstić information content (AvgIpc) is 3.34. The van der Waals surface area contributed by atoms with Gasteiger partial charge in [-0.1, -0.05) is 97.1 Å². The Bertz CT molecular complexity index is 856. The summed E-state index contributed by atoms with van der Waals surface area (Å²) in [5.74, 6) is 2.34. The summed E-state index contributed by atoms with van der Waals surface area (Å²) in [4.78, 5) is 0. The molecule has 0 N–H and O–H groups in total. The van der Waals surface area contributed by atoms with Gasteiger partial charge in [-0.3, -0.25) is 0 Å². The first-order chi connectivity index (χ1) is 12.9. The van der Waals surface area contributed by atoms with Gasteiger partial charge >= 0.3 is 0 Å². The topological polar surface area (TPSA) is 0 Å². The summed E-state index contributed by atoms with van der Waals surface area (Å²) < 4.78 is 0. The van der Waals surface area contributed by atoms with Crippen molar-refractivity contribution in [2.75, 3.05) is 0 Å². The van der Waals surface area contributed by atoms with Crippen molar-refractivity contribution in [2.24, 2.45) is 11.8 Å². The summed E-state index contributed by atoms with van der Waals surface area (Å²) in [6.45, 7) is 0. The maximum Gasteiger partial charge on any atom is -0.00932 e. The van der Waals surface area contributed by atoms with E-state index in [1.807, 2.05) is 0 Å². The van der Waals surface area contributed by atoms with Crippen LogP contribution in [-0.4, -0.2) is 0 Å². The highest BCUT2D eigenvalue weighted by Gasteiger charge is 2.36. The standard InChI is InChI=1S/C25H23P/c1-3-7-22(8-4-1)26(23-9-5-2-6-10-23)24-15-13-20(14-16-24)25-18-19-11-12-21(25)17-19/h1-16,19,21,25H,17-18H2/t19?,21-,25+/m0/s1. The summed E-state index contributed by atoms with van der Waals surface area (Å²) in [6, 6.07) is 31.5. The average molecular weight is 354 g/mol. The van der Waals surface area contributed by atoms with Crippen molar-refractivity contribution in [1.29, 1.82) is 0 Å². The highest BCUT2D eigenvalue weighted by atomic mass is 31.1. The maximum absolute atomic E-state index is 2.45. The maximum atomic E-state index is 2.45. The fraction of sp³-hybridized carbons (Fsp3) is 0.200. The Balaban J connectivity index is 1.50. The molecule has 5 rings (SSSR count). The molecule has 2 aliphatic rings. The lowest BCUT2D eigenvalue weighted by molar-refractivity contribution is 0.586. The van der Waals surface area contributed by atoms with Crippen molar-refractivity contribution >= 4 is 23.8 Å². The van der Waals surface area contributed by atoms with Crippen molar-refractivity contribution in [2.45, 2.75) is 18.8 Å². The fourth-order valence-electron chi connectivity index (χ4n) is 4.64. The Kier molecular flexibility index (Phi) is 4.23. The van der Waals surface area contributed by atoms with Crippen molar-refractivity contribution in [3.63, 3.8) is 0 Å². The lowest BCUT2D eigenvalue weighted by Gasteiger charge is -2.22. The molecule has 1 saturated carbocycles. The molecule has 1 fully saturated rings. The summed E-state index contributed by atoms with van der Waals surface area (Å²) in [6.07, 6.45) is 7.59. The van der Waals surface area contributed by atoms with E-state index < -0.39 is 7.92 Å². The third-order valence-electron chi connectivity index (χ3n) is 5.89. The molecule has 0 spiro atoms. The molecule has 128 valence electrons. The minimum absolute atomic E-state index is 0.490. The van der Waals surface area contributed by atoms with E-state index in [9.17, 15) is 0 Å². The third kappa shape index (κ3) is 2.93. The van der Waals surface area contributed by atoms with Crippen LogP contribution in [0.15, 0.2) is 97.1 Å². The normalized spacial score (nSPS) is 23.7. The third-order valence-corrected chi connectivity index (χ3v) is 8.33. The van der Waals surface area contributed by atoms with Crippen LogP contribution in [0.2, 0.25) is 0 Å². The van der Waals surface area contributed by atoms with Gasteiger partial charge in [0.15, 0.2) is 0 Å². The van der Waals surface area contributed by atoms with Gasteiger partial charge in [0.2, 0.25) is 0 Å². The van der Waals surface area contributed by atoms with Crippen LogP contribution in [-0.2, 0) is 0 Å². The zero-order valence-corrected chi connectivity index (χ0v) is 15.7. The van der Waals surface area contributed by atoms with E-state index in [2.05, 4.69) is 97.1 Å². The molecule has 0 saturated heterocycles. The number of benzene rings is 3. The van der Waals surface area contributed by atoms with Crippen LogP contribution in [0, 0.1) is 11.8 Å². The molecule has 0 aromatic heterocycles. The van der Waals surface area contributed by atoms with Gasteiger partial charge in [-0.15, -0.1) is 0 Å². The van der Waals surface area contributed by atoms with E-state index in [0.717, 1.165) is 17.8 Å². The molecule has 3 aromatic carbocycles. The zero-order chi connectivity index (χ0) is 17.3. The molecule has 0 aliphatic heterocycles. The second-order valence-electron chi connectivity index (χ2n) is 7.48. The zero-order valence-electron chi connectivity index (χ0n) is 14.8. The van der Waals surface area contributed by atoms with Gasteiger partial charge < -0.3 is 0 Å². The molecule has 2 bridgehead atoms. The quantitative estimate of drug-likeness (QED) is 0.450. The van der Waals surface area contributed by atoms with E-state index in [1.165, 1.54) is 34.3 Å². The SMILES string of the molecule is C1=C[C@H]2CC1C[C@@H]2c1ccc(P(c2ccccc2)c2ccccc2)cc1. The van der Waals surface area contributed by atoms with Crippen LogP contribution < -0.4 is 15.9 Å². The molecule has 2 aliphatic carbocycles. The Hall–Kier alpha value is -2.17. The Morgan fingerprint density at radius 1 is 0.577 bits per heavy atom. The van der Waals surface area contributed by atoms with Crippen molar-refractivity contribution in [3.8, 4) is 0 Å². The lowest BCUT2D eigenvalue weighted by Crippen LogP contribution is -2.20. The smallest absolute Gasteiger partial charge is 0.00932 e. The van der Waals surface area contributed by atoms with Crippen LogP contribution in [0.3, 0.4) is 0 Å². The fourth-order valence-corrected chi connectivity index (χ4v) is 6.92. The number of hydrogen-bond donors (Lipinski definition) is 0. The second-order valence-corrected chi connectivity index (χ2v) is 9.70. The molecule has 0 amide bonds. The van der Waals surface area contributed by atoms with Crippen molar-refractivity contribution in [3.05, 3.63) is 103 Å². The monoisotopic (exact) mass is 354 g/mol. The summed E-state index contributed by atoms with van der Waals surface area (Å²) in [5.41, 5.74) is 1.53. The summed E-state index contributed by atoms with van der Waals surface area (Å²) in [5, 5.41) is 4.29. The molecular formula is C25H23P. The minimum atomic E-state index is -0.490. The highest BCUT2D eigenvalue weighted by molar-refractivity contribution is 7.79. The second kappa shape index (κ2) is 6.86. The first-order valence-electron chi connectivity index (χ1n) is 9.57. The summed E-state index contributed by atoms with van der Waals surface area (Å²) in [7, 11) is -0.490. The number of allylic oxidation sites excluding steroid dienone is 2. The minimum Gasteiger partial charge on any atom is -0.0851 e. The van der Waals surface area contributed by atoms with Gasteiger partial charge in [0.1, 0.15) is 0 Å². The largest absolute Gasteiger partial charge is 0.0851 e. The molecule has 1 heteroatoms. The lowest BCUT2D eigenvalue weighted by atomic mass is 9.87. The highest BCUT2D eigenvalue weighted by Crippen LogP contribution is 2.48.